The number of rotatable bonds is 15. The number of amides is 4. The standard InChI is InChI=1S/C28H37N5O7/c1-16(2)24(33-25(36)20(29)14-17-6-4-3-5-7-17)27(38)32-22(15-18-8-10-19(34)11-9-18)26(37)31-21(28(39)40)12-13-23(30)35/h3-11,16,20-22,24,34H,12-15,29H2,1-2H3,(H2,30,35)(H,31,37)(H,32,38)(H,33,36)(H,39,40). The quantitative estimate of drug-likeness (QED) is 0.158. The predicted octanol–water partition coefficient (Wildman–Crippen LogP) is -0.0348. The van der Waals surface area contributed by atoms with Crippen LogP contribution in [0.3, 0.4) is 0 Å². The first-order valence-electron chi connectivity index (χ1n) is 12.9. The molecule has 0 heterocycles. The number of carbonyl (C=O) groups is 5. The summed E-state index contributed by atoms with van der Waals surface area (Å²) in [6.07, 6.45) is -0.295. The summed E-state index contributed by atoms with van der Waals surface area (Å²) < 4.78 is 0. The summed E-state index contributed by atoms with van der Waals surface area (Å²) in [7, 11) is 0. The number of hydrogen-bond acceptors (Lipinski definition) is 7. The van der Waals surface area contributed by atoms with Gasteiger partial charge in [0.05, 0.1) is 6.04 Å². The number of carbonyl (C=O) groups excluding carboxylic acids is 4. The van der Waals surface area contributed by atoms with E-state index in [4.69, 9.17) is 11.5 Å². The molecule has 0 aliphatic rings. The Morgan fingerprint density at radius 2 is 1.35 bits per heavy atom. The van der Waals surface area contributed by atoms with Gasteiger partial charge in [0, 0.05) is 12.8 Å². The third-order valence-corrected chi connectivity index (χ3v) is 6.19. The average Bonchev–Trinajstić information content (AvgIpc) is 2.90. The molecule has 9 N–H and O–H groups in total. The summed E-state index contributed by atoms with van der Waals surface area (Å²) in [4.78, 5) is 62.1. The highest BCUT2D eigenvalue weighted by Crippen LogP contribution is 2.13. The van der Waals surface area contributed by atoms with E-state index in [1.54, 1.807) is 26.0 Å². The summed E-state index contributed by atoms with van der Waals surface area (Å²) >= 11 is 0. The molecule has 0 aromatic heterocycles. The molecule has 0 bridgehead atoms. The van der Waals surface area contributed by atoms with Crippen molar-refractivity contribution in [3.05, 3.63) is 65.7 Å². The molecule has 0 radical (unpaired) electrons. The zero-order valence-corrected chi connectivity index (χ0v) is 22.5. The number of aromatic hydroxyl groups is 1. The van der Waals surface area contributed by atoms with Crippen molar-refractivity contribution >= 4 is 29.6 Å². The number of carboxylic acids is 1. The maximum atomic E-state index is 13.3. The van der Waals surface area contributed by atoms with Gasteiger partial charge in [-0.3, -0.25) is 19.2 Å². The molecule has 12 nitrogen and oxygen atoms in total. The number of carboxylic acid groups (broad SMARTS) is 1. The van der Waals surface area contributed by atoms with E-state index in [1.807, 2.05) is 30.3 Å². The summed E-state index contributed by atoms with van der Waals surface area (Å²) in [5, 5.41) is 26.7. The molecular weight excluding hydrogens is 518 g/mol. The van der Waals surface area contributed by atoms with Gasteiger partial charge in [0.25, 0.3) is 0 Å². The number of benzene rings is 2. The highest BCUT2D eigenvalue weighted by molar-refractivity contribution is 5.94. The molecule has 0 aliphatic carbocycles. The van der Waals surface area contributed by atoms with Crippen molar-refractivity contribution in [1.29, 1.82) is 0 Å². The molecule has 0 spiro atoms. The van der Waals surface area contributed by atoms with E-state index in [0.717, 1.165) is 5.56 Å². The Morgan fingerprint density at radius 3 is 1.90 bits per heavy atom. The fourth-order valence-electron chi connectivity index (χ4n) is 3.91. The van der Waals surface area contributed by atoms with Gasteiger partial charge in [-0.25, -0.2) is 4.79 Å². The molecule has 4 amide bonds. The molecular formula is C28H37N5O7. The maximum absolute atomic E-state index is 13.3. The topological polar surface area (TPSA) is 214 Å². The Morgan fingerprint density at radius 1 is 0.775 bits per heavy atom. The molecule has 0 saturated carbocycles. The summed E-state index contributed by atoms with van der Waals surface area (Å²) in [6, 6.07) is 10.4. The number of phenols is 1. The first-order chi connectivity index (χ1) is 18.9. The van der Waals surface area contributed by atoms with E-state index >= 15 is 0 Å². The summed E-state index contributed by atoms with van der Waals surface area (Å²) in [6.45, 7) is 3.43. The Hall–Kier alpha value is -4.45. The minimum Gasteiger partial charge on any atom is -0.508 e. The monoisotopic (exact) mass is 555 g/mol. The minimum atomic E-state index is -1.42. The van der Waals surface area contributed by atoms with Crippen LogP contribution in [0.4, 0.5) is 0 Å². The molecule has 4 atom stereocenters. The highest BCUT2D eigenvalue weighted by atomic mass is 16.4. The summed E-state index contributed by atoms with van der Waals surface area (Å²) in [5.41, 5.74) is 12.6. The fraction of sp³-hybridized carbons (Fsp3) is 0.393. The minimum absolute atomic E-state index is 0.000561. The van der Waals surface area contributed by atoms with Crippen molar-refractivity contribution in [2.75, 3.05) is 0 Å². The van der Waals surface area contributed by atoms with Crippen molar-refractivity contribution in [3.8, 4) is 5.75 Å². The van der Waals surface area contributed by atoms with Crippen LogP contribution >= 0.6 is 0 Å². The van der Waals surface area contributed by atoms with Gasteiger partial charge >= 0.3 is 5.97 Å². The molecule has 2 rings (SSSR count). The molecule has 0 fully saturated rings. The van der Waals surface area contributed by atoms with E-state index in [0.29, 0.717) is 5.56 Å². The third kappa shape index (κ3) is 10.4. The van der Waals surface area contributed by atoms with Crippen molar-refractivity contribution < 1.29 is 34.2 Å². The lowest BCUT2D eigenvalue weighted by atomic mass is 9.99. The summed E-state index contributed by atoms with van der Waals surface area (Å²) in [5.74, 6) is -4.51. The van der Waals surface area contributed by atoms with E-state index in [2.05, 4.69) is 16.0 Å². The van der Waals surface area contributed by atoms with E-state index < -0.39 is 53.8 Å². The largest absolute Gasteiger partial charge is 0.508 e. The van der Waals surface area contributed by atoms with Crippen molar-refractivity contribution in [2.45, 2.75) is 63.7 Å². The Kier molecular flexibility index (Phi) is 12.1. The lowest BCUT2D eigenvalue weighted by molar-refractivity contribution is -0.142. The van der Waals surface area contributed by atoms with Crippen LogP contribution in [0, 0.1) is 5.92 Å². The van der Waals surface area contributed by atoms with E-state index in [1.165, 1.54) is 12.1 Å². The molecule has 12 heteroatoms. The highest BCUT2D eigenvalue weighted by Gasteiger charge is 2.32. The van der Waals surface area contributed by atoms with E-state index in [-0.39, 0.29) is 37.4 Å². The smallest absolute Gasteiger partial charge is 0.326 e. The van der Waals surface area contributed by atoms with E-state index in [9.17, 15) is 34.2 Å². The molecule has 2 aromatic carbocycles. The number of nitrogens with two attached hydrogens (primary N) is 2. The van der Waals surface area contributed by atoms with Gasteiger partial charge in [-0.05, 0) is 42.0 Å². The van der Waals surface area contributed by atoms with Gasteiger partial charge in [-0.1, -0.05) is 56.3 Å². The van der Waals surface area contributed by atoms with Crippen LogP contribution in [0.5, 0.6) is 5.75 Å². The zero-order chi connectivity index (χ0) is 29.8. The predicted molar refractivity (Wildman–Crippen MR) is 147 cm³/mol. The molecule has 40 heavy (non-hydrogen) atoms. The molecule has 2 aromatic rings. The van der Waals surface area contributed by atoms with Gasteiger partial charge in [0.15, 0.2) is 0 Å². The molecule has 0 saturated heterocycles. The average molecular weight is 556 g/mol. The van der Waals surface area contributed by atoms with Crippen LogP contribution in [0.25, 0.3) is 0 Å². The number of phenolic OH excluding ortho intramolecular Hbond substituents is 1. The second kappa shape index (κ2) is 15.2. The van der Waals surface area contributed by atoms with Crippen LogP contribution in [0.1, 0.15) is 37.8 Å². The zero-order valence-electron chi connectivity index (χ0n) is 22.5. The number of aliphatic carboxylic acids is 1. The number of hydrogen-bond donors (Lipinski definition) is 7. The number of primary amides is 1. The van der Waals surface area contributed by atoms with Crippen LogP contribution in [-0.4, -0.2) is 64.0 Å². The Balaban J connectivity index is 2.20. The van der Waals surface area contributed by atoms with Gasteiger partial charge in [-0.2, -0.15) is 0 Å². The lowest BCUT2D eigenvalue weighted by Crippen LogP contribution is -2.59. The van der Waals surface area contributed by atoms with Crippen molar-refractivity contribution in [1.82, 2.24) is 16.0 Å². The second-order valence-electron chi connectivity index (χ2n) is 9.86. The SMILES string of the molecule is CC(C)C(NC(=O)C(N)Cc1ccccc1)C(=O)NC(Cc1ccc(O)cc1)C(=O)NC(CCC(N)=O)C(=O)O. The van der Waals surface area contributed by atoms with Crippen LogP contribution < -0.4 is 27.4 Å². The van der Waals surface area contributed by atoms with Gasteiger partial charge in [0.2, 0.25) is 23.6 Å². The first kappa shape index (κ1) is 31.8. The van der Waals surface area contributed by atoms with Gasteiger partial charge in [-0.15, -0.1) is 0 Å². The van der Waals surface area contributed by atoms with Gasteiger partial charge in [0.1, 0.15) is 23.9 Å². The Labute approximate surface area is 232 Å². The first-order valence-corrected chi connectivity index (χ1v) is 12.9. The lowest BCUT2D eigenvalue weighted by Gasteiger charge is -2.27. The third-order valence-electron chi connectivity index (χ3n) is 6.19. The second-order valence-corrected chi connectivity index (χ2v) is 9.86. The van der Waals surface area contributed by atoms with Crippen LogP contribution in [-0.2, 0) is 36.8 Å². The molecule has 216 valence electrons. The fourth-order valence-corrected chi connectivity index (χ4v) is 3.91. The van der Waals surface area contributed by atoms with Crippen LogP contribution in [0.15, 0.2) is 54.6 Å². The van der Waals surface area contributed by atoms with Crippen molar-refractivity contribution in [3.63, 3.8) is 0 Å². The number of nitrogens with one attached hydrogen (secondary N) is 3. The molecule has 4 unspecified atom stereocenters. The van der Waals surface area contributed by atoms with Crippen LogP contribution in [0.2, 0.25) is 0 Å². The maximum Gasteiger partial charge on any atom is 0.326 e. The van der Waals surface area contributed by atoms with Gasteiger partial charge < -0.3 is 37.6 Å². The Bertz CT molecular complexity index is 1170. The van der Waals surface area contributed by atoms with Crippen molar-refractivity contribution in [2.24, 2.45) is 17.4 Å². The normalized spacial score (nSPS) is 13.9. The molecule has 0 aliphatic heterocycles.